The van der Waals surface area contributed by atoms with E-state index in [4.69, 9.17) is 4.74 Å². The third-order valence-corrected chi connectivity index (χ3v) is 4.50. The van der Waals surface area contributed by atoms with Crippen molar-refractivity contribution >= 4 is 11.8 Å². The lowest BCUT2D eigenvalue weighted by molar-refractivity contribution is -0.134. The Bertz CT molecular complexity index is 523. The number of hydrogen-bond acceptors (Lipinski definition) is 3. The highest BCUT2D eigenvalue weighted by atomic mass is 16.5. The fourth-order valence-electron chi connectivity index (χ4n) is 3.44. The summed E-state index contributed by atoms with van der Waals surface area (Å²) < 4.78 is 5.09. The molecule has 1 saturated heterocycles. The SMILES string of the molecule is COc1ccc(C(=O)N2C(=O)CCC3CCC[C@@H]32)cc1. The zero-order chi connectivity index (χ0) is 14.1. The van der Waals surface area contributed by atoms with Crippen molar-refractivity contribution in [2.24, 2.45) is 5.92 Å². The number of carbonyl (C=O) groups is 2. The highest BCUT2D eigenvalue weighted by molar-refractivity contribution is 6.05. The highest BCUT2D eigenvalue weighted by Gasteiger charge is 2.41. The van der Waals surface area contributed by atoms with Gasteiger partial charge in [-0.2, -0.15) is 0 Å². The van der Waals surface area contributed by atoms with Crippen LogP contribution in [0.5, 0.6) is 5.75 Å². The molecule has 0 aromatic heterocycles. The Balaban J connectivity index is 1.85. The lowest BCUT2D eigenvalue weighted by Crippen LogP contribution is -2.49. The number of amides is 2. The first-order chi connectivity index (χ1) is 9.70. The second-order valence-corrected chi connectivity index (χ2v) is 5.59. The van der Waals surface area contributed by atoms with Crippen LogP contribution in [0.15, 0.2) is 24.3 Å². The molecule has 20 heavy (non-hydrogen) atoms. The molecule has 1 aromatic carbocycles. The molecule has 2 atom stereocenters. The van der Waals surface area contributed by atoms with Crippen LogP contribution >= 0.6 is 0 Å². The maximum atomic E-state index is 12.6. The number of ether oxygens (including phenoxy) is 1. The summed E-state index contributed by atoms with van der Waals surface area (Å²) in [4.78, 5) is 26.3. The molecule has 0 radical (unpaired) electrons. The topological polar surface area (TPSA) is 46.6 Å². The Morgan fingerprint density at radius 3 is 2.65 bits per heavy atom. The van der Waals surface area contributed by atoms with Gasteiger partial charge in [-0.15, -0.1) is 0 Å². The van der Waals surface area contributed by atoms with Gasteiger partial charge in [0.1, 0.15) is 5.75 Å². The van der Waals surface area contributed by atoms with E-state index in [0.717, 1.165) is 25.7 Å². The summed E-state index contributed by atoms with van der Waals surface area (Å²) in [6.45, 7) is 0. The fourth-order valence-corrected chi connectivity index (χ4v) is 3.44. The zero-order valence-electron chi connectivity index (χ0n) is 11.7. The number of benzene rings is 1. The molecular weight excluding hydrogens is 254 g/mol. The van der Waals surface area contributed by atoms with Crippen LogP contribution in [0.3, 0.4) is 0 Å². The molecule has 2 amide bonds. The van der Waals surface area contributed by atoms with E-state index in [1.807, 2.05) is 0 Å². The molecule has 3 rings (SSSR count). The second kappa shape index (κ2) is 5.27. The minimum atomic E-state index is -0.158. The number of fused-ring (bicyclic) bond motifs is 1. The first kappa shape index (κ1) is 13.2. The third kappa shape index (κ3) is 2.19. The maximum Gasteiger partial charge on any atom is 0.260 e. The molecule has 1 aromatic rings. The molecule has 0 bridgehead atoms. The van der Waals surface area contributed by atoms with E-state index < -0.39 is 0 Å². The number of piperidine rings is 1. The van der Waals surface area contributed by atoms with Crippen molar-refractivity contribution in [3.8, 4) is 5.75 Å². The Labute approximate surface area is 118 Å². The normalized spacial score (nSPS) is 25.4. The molecule has 0 spiro atoms. The van der Waals surface area contributed by atoms with Gasteiger partial charge in [-0.3, -0.25) is 14.5 Å². The van der Waals surface area contributed by atoms with Crippen molar-refractivity contribution in [1.82, 2.24) is 4.90 Å². The monoisotopic (exact) mass is 273 g/mol. The fraction of sp³-hybridized carbons (Fsp3) is 0.500. The van der Waals surface area contributed by atoms with Crippen LogP contribution in [-0.4, -0.2) is 29.9 Å². The van der Waals surface area contributed by atoms with Crippen LogP contribution in [0.1, 0.15) is 42.5 Å². The molecule has 1 saturated carbocycles. The predicted molar refractivity (Wildman–Crippen MR) is 74.5 cm³/mol. The van der Waals surface area contributed by atoms with Gasteiger partial charge in [0, 0.05) is 18.0 Å². The number of likely N-dealkylation sites (tertiary alicyclic amines) is 1. The van der Waals surface area contributed by atoms with Crippen molar-refractivity contribution in [2.75, 3.05) is 7.11 Å². The van der Waals surface area contributed by atoms with Gasteiger partial charge in [-0.05, 0) is 49.4 Å². The van der Waals surface area contributed by atoms with Crippen molar-refractivity contribution in [3.05, 3.63) is 29.8 Å². The largest absolute Gasteiger partial charge is 0.497 e. The van der Waals surface area contributed by atoms with E-state index in [1.54, 1.807) is 31.4 Å². The average Bonchev–Trinajstić information content (AvgIpc) is 2.95. The van der Waals surface area contributed by atoms with Gasteiger partial charge in [0.2, 0.25) is 5.91 Å². The first-order valence-electron chi connectivity index (χ1n) is 7.21. The average molecular weight is 273 g/mol. The number of carbonyl (C=O) groups excluding carboxylic acids is 2. The Morgan fingerprint density at radius 2 is 1.95 bits per heavy atom. The summed E-state index contributed by atoms with van der Waals surface area (Å²) in [6.07, 6.45) is 4.66. The van der Waals surface area contributed by atoms with Gasteiger partial charge in [-0.1, -0.05) is 6.42 Å². The quantitative estimate of drug-likeness (QED) is 0.778. The van der Waals surface area contributed by atoms with Gasteiger partial charge in [0.05, 0.1) is 7.11 Å². The lowest BCUT2D eigenvalue weighted by Gasteiger charge is -2.36. The molecular formula is C16H19NO3. The molecule has 2 aliphatic rings. The van der Waals surface area contributed by atoms with Gasteiger partial charge in [0.15, 0.2) is 0 Å². The van der Waals surface area contributed by atoms with Gasteiger partial charge in [0.25, 0.3) is 5.91 Å². The molecule has 4 heteroatoms. The summed E-state index contributed by atoms with van der Waals surface area (Å²) in [7, 11) is 1.59. The first-order valence-corrected chi connectivity index (χ1v) is 7.21. The molecule has 1 aliphatic heterocycles. The van der Waals surface area contributed by atoms with Crippen molar-refractivity contribution in [1.29, 1.82) is 0 Å². The van der Waals surface area contributed by atoms with E-state index >= 15 is 0 Å². The van der Waals surface area contributed by atoms with Gasteiger partial charge in [-0.25, -0.2) is 0 Å². The van der Waals surface area contributed by atoms with E-state index in [0.29, 0.717) is 23.7 Å². The van der Waals surface area contributed by atoms with Crippen LogP contribution in [0.4, 0.5) is 0 Å². The zero-order valence-corrected chi connectivity index (χ0v) is 11.7. The molecule has 1 heterocycles. The van der Waals surface area contributed by atoms with Crippen LogP contribution in [0.2, 0.25) is 0 Å². The molecule has 4 nitrogen and oxygen atoms in total. The predicted octanol–water partition coefficient (Wildman–Crippen LogP) is 2.63. The van der Waals surface area contributed by atoms with Gasteiger partial charge < -0.3 is 4.74 Å². The number of hydrogen-bond donors (Lipinski definition) is 0. The Morgan fingerprint density at radius 1 is 1.20 bits per heavy atom. The lowest BCUT2D eigenvalue weighted by atomic mass is 9.91. The summed E-state index contributed by atoms with van der Waals surface area (Å²) in [5, 5.41) is 0. The Hall–Kier alpha value is -1.84. The molecule has 0 N–H and O–H groups in total. The minimum absolute atomic E-state index is 0.0195. The van der Waals surface area contributed by atoms with Crippen LogP contribution in [-0.2, 0) is 4.79 Å². The number of rotatable bonds is 2. The number of nitrogens with zero attached hydrogens (tertiary/aromatic N) is 1. The van der Waals surface area contributed by atoms with Gasteiger partial charge >= 0.3 is 0 Å². The van der Waals surface area contributed by atoms with Crippen LogP contribution in [0.25, 0.3) is 0 Å². The summed E-state index contributed by atoms with van der Waals surface area (Å²) >= 11 is 0. The van der Waals surface area contributed by atoms with Crippen LogP contribution in [0, 0.1) is 5.92 Å². The molecule has 106 valence electrons. The van der Waals surface area contributed by atoms with E-state index in [9.17, 15) is 9.59 Å². The summed E-state index contributed by atoms with van der Waals surface area (Å²) in [5.74, 6) is 1.04. The van der Waals surface area contributed by atoms with E-state index in [1.165, 1.54) is 4.90 Å². The molecule has 2 fully saturated rings. The van der Waals surface area contributed by atoms with E-state index in [2.05, 4.69) is 0 Å². The van der Waals surface area contributed by atoms with Crippen molar-refractivity contribution in [2.45, 2.75) is 38.1 Å². The Kier molecular flexibility index (Phi) is 3.47. The standard InChI is InChI=1S/C16H19NO3/c1-20-13-8-5-12(6-9-13)16(19)17-14-4-2-3-11(14)7-10-15(17)18/h5-6,8-9,11,14H,2-4,7,10H2,1H3/t11?,14-/m0/s1. The summed E-state index contributed by atoms with van der Waals surface area (Å²) in [5.41, 5.74) is 0.562. The van der Waals surface area contributed by atoms with Crippen molar-refractivity contribution < 1.29 is 14.3 Å². The maximum absolute atomic E-state index is 12.6. The molecule has 1 aliphatic carbocycles. The third-order valence-electron chi connectivity index (χ3n) is 4.50. The summed E-state index contributed by atoms with van der Waals surface area (Å²) in [6, 6.07) is 7.09. The van der Waals surface area contributed by atoms with E-state index in [-0.39, 0.29) is 17.9 Å². The van der Waals surface area contributed by atoms with Crippen molar-refractivity contribution in [3.63, 3.8) is 0 Å². The number of methoxy groups -OCH3 is 1. The minimum Gasteiger partial charge on any atom is -0.497 e. The highest BCUT2D eigenvalue weighted by Crippen LogP contribution is 2.38. The smallest absolute Gasteiger partial charge is 0.260 e. The second-order valence-electron chi connectivity index (χ2n) is 5.59. The molecule has 1 unspecified atom stereocenters. The van der Waals surface area contributed by atoms with Crippen LogP contribution < -0.4 is 4.74 Å². The number of imide groups is 1.